The van der Waals surface area contributed by atoms with Crippen molar-refractivity contribution in [3.63, 3.8) is 0 Å². The number of quaternary nitrogens is 1. The van der Waals surface area contributed by atoms with Crippen LogP contribution >= 0.6 is 0 Å². The number of hydrogen-bond acceptors (Lipinski definition) is 2. The number of ether oxygens (including phenoxy) is 1. The Bertz CT molecular complexity index is 362. The van der Waals surface area contributed by atoms with Crippen LogP contribution in [0.3, 0.4) is 0 Å². The Morgan fingerprint density at radius 2 is 1.14 bits per heavy atom. The predicted octanol–water partition coefficient (Wildman–Crippen LogP) is 7.52. The van der Waals surface area contributed by atoms with Crippen LogP contribution in [0, 0.1) is 5.92 Å². The van der Waals surface area contributed by atoms with Gasteiger partial charge in [0.25, 0.3) is 0 Å². The maximum atomic E-state index is 11.7. The zero-order valence-electron chi connectivity index (χ0n) is 20.8. The number of rotatable bonds is 21. The third-order valence-electron chi connectivity index (χ3n) is 6.05. The minimum atomic E-state index is -0.0195. The molecule has 0 heterocycles. The summed E-state index contributed by atoms with van der Waals surface area (Å²) in [4.78, 5) is 11.7. The average molecular weight is 413 g/mol. The first-order valence-corrected chi connectivity index (χ1v) is 12.8. The molecule has 29 heavy (non-hydrogen) atoms. The fourth-order valence-electron chi connectivity index (χ4n) is 3.59. The highest BCUT2D eigenvalue weighted by Crippen LogP contribution is 2.16. The highest BCUT2D eigenvalue weighted by molar-refractivity contribution is 5.69. The Morgan fingerprint density at radius 1 is 0.724 bits per heavy atom. The second-order valence-corrected chi connectivity index (χ2v) is 10.2. The summed E-state index contributed by atoms with van der Waals surface area (Å²) in [6, 6.07) is 0. The molecule has 0 N–H and O–H groups in total. The maximum Gasteiger partial charge on any atom is 0.305 e. The highest BCUT2D eigenvalue weighted by atomic mass is 16.5. The van der Waals surface area contributed by atoms with Crippen LogP contribution in [0.2, 0.25) is 0 Å². The number of carbonyl (C=O) groups excluding carboxylic acids is 1. The summed E-state index contributed by atoms with van der Waals surface area (Å²) in [5, 5.41) is 0. The van der Waals surface area contributed by atoms with Gasteiger partial charge in [-0.3, -0.25) is 4.79 Å². The number of carbonyl (C=O) groups is 1. The van der Waals surface area contributed by atoms with Crippen LogP contribution in [0.5, 0.6) is 0 Å². The molecule has 0 aromatic heterocycles. The van der Waals surface area contributed by atoms with E-state index in [1.165, 1.54) is 96.3 Å². The fourth-order valence-corrected chi connectivity index (χ4v) is 3.59. The van der Waals surface area contributed by atoms with E-state index >= 15 is 0 Å². The zero-order chi connectivity index (χ0) is 21.8. The summed E-state index contributed by atoms with van der Waals surface area (Å²) in [6.07, 6.45) is 22.3. The van der Waals surface area contributed by atoms with Crippen molar-refractivity contribution in [2.75, 3.05) is 34.3 Å². The van der Waals surface area contributed by atoms with Crippen LogP contribution in [-0.4, -0.2) is 44.7 Å². The van der Waals surface area contributed by atoms with E-state index in [1.54, 1.807) is 0 Å². The lowest BCUT2D eigenvalue weighted by atomic mass is 9.99. The highest BCUT2D eigenvalue weighted by Gasteiger charge is 2.09. The first-order valence-electron chi connectivity index (χ1n) is 12.8. The molecular weight excluding hydrogens is 358 g/mol. The van der Waals surface area contributed by atoms with Gasteiger partial charge in [0.1, 0.15) is 13.2 Å². The molecule has 0 spiro atoms. The molecular formula is C26H54NO2+. The lowest BCUT2D eigenvalue weighted by Gasteiger charge is -2.23. The van der Waals surface area contributed by atoms with Crippen molar-refractivity contribution in [2.45, 2.75) is 123 Å². The lowest BCUT2D eigenvalue weighted by molar-refractivity contribution is -0.870. The van der Waals surface area contributed by atoms with Crippen molar-refractivity contribution < 1.29 is 14.0 Å². The SMILES string of the molecule is CCC(C)CCCCCCCCCCCCCCCCC(=O)OCC[N+](C)(C)C. The quantitative estimate of drug-likeness (QED) is 0.111. The molecule has 0 amide bonds. The predicted molar refractivity (Wildman–Crippen MR) is 127 cm³/mol. The summed E-state index contributed by atoms with van der Waals surface area (Å²) < 4.78 is 6.14. The van der Waals surface area contributed by atoms with E-state index < -0.39 is 0 Å². The van der Waals surface area contributed by atoms with Gasteiger partial charge in [0.2, 0.25) is 0 Å². The van der Waals surface area contributed by atoms with Gasteiger partial charge in [0.05, 0.1) is 21.1 Å². The van der Waals surface area contributed by atoms with Gasteiger partial charge in [0.15, 0.2) is 0 Å². The van der Waals surface area contributed by atoms with E-state index in [9.17, 15) is 4.79 Å². The fraction of sp³-hybridized carbons (Fsp3) is 0.962. The van der Waals surface area contributed by atoms with Crippen LogP contribution in [0.15, 0.2) is 0 Å². The Balaban J connectivity index is 3.18. The van der Waals surface area contributed by atoms with E-state index in [4.69, 9.17) is 4.74 Å². The average Bonchev–Trinajstić information content (AvgIpc) is 2.66. The smallest absolute Gasteiger partial charge is 0.305 e. The molecule has 0 radical (unpaired) electrons. The van der Waals surface area contributed by atoms with E-state index in [2.05, 4.69) is 35.0 Å². The molecule has 0 aliphatic carbocycles. The van der Waals surface area contributed by atoms with Crippen molar-refractivity contribution in [1.82, 2.24) is 0 Å². The summed E-state index contributed by atoms with van der Waals surface area (Å²) >= 11 is 0. The largest absolute Gasteiger partial charge is 0.460 e. The number of esters is 1. The molecule has 3 nitrogen and oxygen atoms in total. The maximum absolute atomic E-state index is 11.7. The Kier molecular flexibility index (Phi) is 19.0. The third-order valence-corrected chi connectivity index (χ3v) is 6.05. The molecule has 1 unspecified atom stereocenters. The van der Waals surface area contributed by atoms with Gasteiger partial charge in [-0.2, -0.15) is 0 Å². The molecule has 1 atom stereocenters. The Hall–Kier alpha value is -0.570. The number of hydrogen-bond donors (Lipinski definition) is 0. The van der Waals surface area contributed by atoms with Gasteiger partial charge in [-0.25, -0.2) is 0 Å². The number of likely N-dealkylation sites (N-methyl/N-ethyl adjacent to an activating group) is 1. The second kappa shape index (κ2) is 19.4. The molecule has 0 bridgehead atoms. The van der Waals surface area contributed by atoms with Crippen molar-refractivity contribution in [1.29, 1.82) is 0 Å². The minimum absolute atomic E-state index is 0.0195. The molecule has 174 valence electrons. The van der Waals surface area contributed by atoms with E-state index in [0.717, 1.165) is 23.4 Å². The van der Waals surface area contributed by atoms with Crippen LogP contribution in [0.25, 0.3) is 0 Å². The molecule has 0 aromatic rings. The van der Waals surface area contributed by atoms with Crippen molar-refractivity contribution in [3.05, 3.63) is 0 Å². The molecule has 3 heteroatoms. The molecule has 0 aliphatic heterocycles. The third kappa shape index (κ3) is 23.6. The van der Waals surface area contributed by atoms with Gasteiger partial charge < -0.3 is 9.22 Å². The van der Waals surface area contributed by atoms with Gasteiger partial charge >= 0.3 is 5.97 Å². The van der Waals surface area contributed by atoms with Gasteiger partial charge in [-0.1, -0.05) is 110 Å². The minimum Gasteiger partial charge on any atom is -0.460 e. The van der Waals surface area contributed by atoms with Crippen molar-refractivity contribution in [3.8, 4) is 0 Å². The monoisotopic (exact) mass is 412 g/mol. The van der Waals surface area contributed by atoms with Crippen LogP contribution in [0.4, 0.5) is 0 Å². The molecule has 0 rings (SSSR count). The summed E-state index contributed by atoms with van der Waals surface area (Å²) in [6.45, 7) is 6.11. The molecule has 0 aliphatic rings. The van der Waals surface area contributed by atoms with Crippen LogP contribution in [-0.2, 0) is 9.53 Å². The molecule has 0 saturated carbocycles. The van der Waals surface area contributed by atoms with Crippen LogP contribution in [0.1, 0.15) is 123 Å². The van der Waals surface area contributed by atoms with E-state index in [0.29, 0.717) is 13.0 Å². The summed E-state index contributed by atoms with van der Waals surface area (Å²) in [7, 11) is 6.35. The van der Waals surface area contributed by atoms with Gasteiger partial charge in [0, 0.05) is 6.42 Å². The second-order valence-electron chi connectivity index (χ2n) is 10.2. The Morgan fingerprint density at radius 3 is 1.55 bits per heavy atom. The van der Waals surface area contributed by atoms with Gasteiger partial charge in [-0.15, -0.1) is 0 Å². The van der Waals surface area contributed by atoms with E-state index in [-0.39, 0.29) is 5.97 Å². The first-order chi connectivity index (χ1) is 13.8. The molecule has 0 fully saturated rings. The standard InChI is InChI=1S/C26H54NO2/c1-6-25(2)21-19-17-15-13-11-9-7-8-10-12-14-16-18-20-22-26(28)29-24-23-27(3,4)5/h25H,6-24H2,1-5H3/q+1. The lowest BCUT2D eigenvalue weighted by Crippen LogP contribution is -2.37. The van der Waals surface area contributed by atoms with Gasteiger partial charge in [-0.05, 0) is 12.3 Å². The first kappa shape index (κ1) is 28.4. The van der Waals surface area contributed by atoms with Crippen molar-refractivity contribution in [2.24, 2.45) is 5.92 Å². The van der Waals surface area contributed by atoms with Crippen molar-refractivity contribution >= 4 is 5.97 Å². The summed E-state index contributed by atoms with van der Waals surface area (Å²) in [5.41, 5.74) is 0. The Labute approximate surface area is 183 Å². The molecule has 0 saturated heterocycles. The molecule has 0 aromatic carbocycles. The topological polar surface area (TPSA) is 26.3 Å². The zero-order valence-corrected chi connectivity index (χ0v) is 20.8. The van der Waals surface area contributed by atoms with Crippen LogP contribution < -0.4 is 0 Å². The van der Waals surface area contributed by atoms with E-state index in [1.807, 2.05) is 0 Å². The summed E-state index contributed by atoms with van der Waals surface area (Å²) in [5.74, 6) is 0.906. The number of nitrogens with zero attached hydrogens (tertiary/aromatic N) is 1. The number of unbranched alkanes of at least 4 members (excludes halogenated alkanes) is 13. The normalized spacial score (nSPS) is 12.9.